The van der Waals surface area contributed by atoms with Gasteiger partial charge in [0.15, 0.2) is 0 Å². The van der Waals surface area contributed by atoms with Crippen LogP contribution in [0.5, 0.6) is 0 Å². The van der Waals surface area contributed by atoms with Gasteiger partial charge in [-0.1, -0.05) is 18.2 Å². The molecule has 0 aliphatic rings. The molecule has 2 rings (SSSR count). The molecule has 0 bridgehead atoms. The average molecular weight is 329 g/mol. The molecule has 0 radical (unpaired) electrons. The Morgan fingerprint density at radius 2 is 2.11 bits per heavy atom. The van der Waals surface area contributed by atoms with Crippen molar-refractivity contribution in [1.82, 2.24) is 9.78 Å². The van der Waals surface area contributed by atoms with Crippen LogP contribution in [-0.4, -0.2) is 9.78 Å². The highest BCUT2D eigenvalue weighted by Gasteiger charge is 2.10. The third kappa shape index (κ3) is 2.70. The lowest BCUT2D eigenvalue weighted by Gasteiger charge is -2.10. The van der Waals surface area contributed by atoms with E-state index in [0.717, 1.165) is 27.1 Å². The molecular weight excluding hydrogens is 314 g/mol. The van der Waals surface area contributed by atoms with E-state index in [-0.39, 0.29) is 0 Å². The summed E-state index contributed by atoms with van der Waals surface area (Å²) in [5, 5.41) is 7.77. The molecule has 0 unspecified atom stereocenters. The van der Waals surface area contributed by atoms with Gasteiger partial charge in [-0.05, 0) is 34.5 Å². The monoisotopic (exact) mass is 327 g/mol. The van der Waals surface area contributed by atoms with Gasteiger partial charge < -0.3 is 5.32 Å². The molecule has 96 valence electrons. The van der Waals surface area contributed by atoms with Crippen molar-refractivity contribution < 1.29 is 0 Å². The maximum absolute atomic E-state index is 5.91. The topological polar surface area (TPSA) is 29.9 Å². The lowest BCUT2D eigenvalue weighted by Crippen LogP contribution is -2.07. The zero-order valence-electron chi connectivity index (χ0n) is 10.4. The van der Waals surface area contributed by atoms with E-state index in [9.17, 15) is 0 Å². The van der Waals surface area contributed by atoms with E-state index in [0.29, 0.717) is 12.4 Å². The van der Waals surface area contributed by atoms with Crippen molar-refractivity contribution in [2.45, 2.75) is 19.3 Å². The normalized spacial score (nSPS) is 10.7. The van der Waals surface area contributed by atoms with Crippen LogP contribution < -0.4 is 5.32 Å². The number of hydrogen-bond acceptors (Lipinski definition) is 2. The van der Waals surface area contributed by atoms with Gasteiger partial charge in [-0.15, -0.1) is 11.6 Å². The van der Waals surface area contributed by atoms with Gasteiger partial charge in [0.05, 0.1) is 22.4 Å². The van der Waals surface area contributed by atoms with E-state index in [1.807, 2.05) is 42.9 Å². The molecule has 1 aromatic carbocycles. The molecule has 1 heterocycles. The first-order valence-corrected chi connectivity index (χ1v) is 7.02. The van der Waals surface area contributed by atoms with E-state index in [1.54, 1.807) is 0 Å². The number of nitrogens with zero attached hydrogens (tertiary/aromatic N) is 2. The van der Waals surface area contributed by atoms with Crippen molar-refractivity contribution in [3.05, 3.63) is 45.7 Å². The molecule has 0 amide bonds. The van der Waals surface area contributed by atoms with Crippen LogP contribution in [0.25, 0.3) is 0 Å². The minimum atomic E-state index is 0.509. The number of nitrogens with one attached hydrogen (secondary N) is 1. The summed E-state index contributed by atoms with van der Waals surface area (Å²) in [6, 6.07) is 8.06. The van der Waals surface area contributed by atoms with Crippen LogP contribution in [0.3, 0.4) is 0 Å². The predicted octanol–water partition coefficient (Wildman–Crippen LogP) is 3.84. The zero-order chi connectivity index (χ0) is 13.1. The number of para-hydroxylation sites is 1. The highest BCUT2D eigenvalue weighted by atomic mass is 79.9. The Kier molecular flexibility index (Phi) is 4.30. The van der Waals surface area contributed by atoms with Crippen LogP contribution in [0.1, 0.15) is 17.0 Å². The number of hydrogen-bond donors (Lipinski definition) is 1. The molecule has 0 fully saturated rings. The van der Waals surface area contributed by atoms with Crippen molar-refractivity contribution >= 4 is 33.2 Å². The fourth-order valence-corrected chi connectivity index (χ4v) is 2.57. The van der Waals surface area contributed by atoms with Crippen molar-refractivity contribution in [2.24, 2.45) is 7.05 Å². The van der Waals surface area contributed by atoms with Gasteiger partial charge in [-0.3, -0.25) is 4.68 Å². The van der Waals surface area contributed by atoms with Crippen LogP contribution in [0.4, 0.5) is 5.69 Å². The summed E-state index contributed by atoms with van der Waals surface area (Å²) in [5.41, 5.74) is 4.30. The smallest absolute Gasteiger partial charge is 0.0739 e. The van der Waals surface area contributed by atoms with E-state index < -0.39 is 0 Å². The quantitative estimate of drug-likeness (QED) is 0.864. The highest BCUT2D eigenvalue weighted by Crippen LogP contribution is 2.23. The van der Waals surface area contributed by atoms with Crippen LogP contribution >= 0.6 is 27.5 Å². The minimum absolute atomic E-state index is 0.509. The fourth-order valence-electron chi connectivity index (χ4n) is 1.86. The number of benzene rings is 1. The second kappa shape index (κ2) is 5.76. The number of aryl methyl sites for hydroxylation is 2. The SMILES string of the molecule is Cc1nn(C)c(CNc2ccccc2CCl)c1Br. The second-order valence-electron chi connectivity index (χ2n) is 4.11. The summed E-state index contributed by atoms with van der Waals surface area (Å²) in [7, 11) is 1.95. The minimum Gasteiger partial charge on any atom is -0.379 e. The summed E-state index contributed by atoms with van der Waals surface area (Å²) < 4.78 is 2.94. The average Bonchev–Trinajstić information content (AvgIpc) is 2.62. The van der Waals surface area contributed by atoms with Gasteiger partial charge in [-0.2, -0.15) is 5.10 Å². The Balaban J connectivity index is 2.16. The molecule has 0 saturated heterocycles. The number of anilines is 1. The summed E-state index contributed by atoms with van der Waals surface area (Å²) in [5.74, 6) is 0.509. The first-order valence-electron chi connectivity index (χ1n) is 5.69. The maximum atomic E-state index is 5.91. The molecule has 18 heavy (non-hydrogen) atoms. The molecule has 0 spiro atoms. The first-order chi connectivity index (χ1) is 8.63. The number of aromatic nitrogens is 2. The Hall–Kier alpha value is -1.000. The summed E-state index contributed by atoms with van der Waals surface area (Å²) in [6.07, 6.45) is 0. The molecule has 0 aliphatic carbocycles. The Bertz CT molecular complexity index is 551. The predicted molar refractivity (Wildman–Crippen MR) is 79.0 cm³/mol. The summed E-state index contributed by atoms with van der Waals surface area (Å²) >= 11 is 9.47. The molecule has 3 nitrogen and oxygen atoms in total. The van der Waals surface area contributed by atoms with Crippen molar-refractivity contribution in [3.63, 3.8) is 0 Å². The third-order valence-corrected chi connectivity index (χ3v) is 4.19. The van der Waals surface area contributed by atoms with E-state index in [2.05, 4.69) is 26.3 Å². The van der Waals surface area contributed by atoms with Crippen molar-refractivity contribution in [2.75, 3.05) is 5.32 Å². The largest absolute Gasteiger partial charge is 0.379 e. The standard InChI is InChI=1S/C13H15BrClN3/c1-9-13(14)12(18(2)17-9)8-16-11-6-4-3-5-10(11)7-15/h3-6,16H,7-8H2,1-2H3. The Morgan fingerprint density at radius 1 is 1.39 bits per heavy atom. The van der Waals surface area contributed by atoms with Gasteiger partial charge in [-0.25, -0.2) is 0 Å². The van der Waals surface area contributed by atoms with Crippen LogP contribution in [0.15, 0.2) is 28.7 Å². The maximum Gasteiger partial charge on any atom is 0.0739 e. The fraction of sp³-hybridized carbons (Fsp3) is 0.308. The number of rotatable bonds is 4. The highest BCUT2D eigenvalue weighted by molar-refractivity contribution is 9.10. The molecule has 1 N–H and O–H groups in total. The van der Waals surface area contributed by atoms with E-state index in [1.165, 1.54) is 0 Å². The van der Waals surface area contributed by atoms with Gasteiger partial charge in [0, 0.05) is 18.6 Å². The first kappa shape index (κ1) is 13.4. The zero-order valence-corrected chi connectivity index (χ0v) is 12.7. The number of alkyl halides is 1. The van der Waals surface area contributed by atoms with Crippen molar-refractivity contribution in [3.8, 4) is 0 Å². The van der Waals surface area contributed by atoms with Gasteiger partial charge in [0.2, 0.25) is 0 Å². The summed E-state index contributed by atoms with van der Waals surface area (Å²) in [6.45, 7) is 2.70. The van der Waals surface area contributed by atoms with E-state index >= 15 is 0 Å². The second-order valence-corrected chi connectivity index (χ2v) is 5.17. The third-order valence-electron chi connectivity index (χ3n) is 2.87. The van der Waals surface area contributed by atoms with Crippen LogP contribution in [0, 0.1) is 6.92 Å². The Labute approximate surface area is 120 Å². The van der Waals surface area contributed by atoms with Gasteiger partial charge in [0.25, 0.3) is 0 Å². The lowest BCUT2D eigenvalue weighted by atomic mass is 10.2. The Morgan fingerprint density at radius 3 is 2.72 bits per heavy atom. The molecule has 0 aliphatic heterocycles. The van der Waals surface area contributed by atoms with Crippen molar-refractivity contribution in [1.29, 1.82) is 0 Å². The van der Waals surface area contributed by atoms with Crippen LogP contribution in [-0.2, 0) is 19.5 Å². The molecule has 0 saturated carbocycles. The molecule has 2 aromatic rings. The summed E-state index contributed by atoms with van der Waals surface area (Å²) in [4.78, 5) is 0. The van der Waals surface area contributed by atoms with Crippen LogP contribution in [0.2, 0.25) is 0 Å². The molecule has 1 aromatic heterocycles. The number of halogens is 2. The molecule has 0 atom stereocenters. The molecular formula is C13H15BrClN3. The van der Waals surface area contributed by atoms with E-state index in [4.69, 9.17) is 11.6 Å². The van der Waals surface area contributed by atoms with Gasteiger partial charge >= 0.3 is 0 Å². The molecule has 5 heteroatoms. The lowest BCUT2D eigenvalue weighted by molar-refractivity contribution is 0.712. The van der Waals surface area contributed by atoms with Gasteiger partial charge in [0.1, 0.15) is 0 Å².